The number of hydrogen-bond acceptors (Lipinski definition) is 5. The maximum Gasteiger partial charge on any atom is 0.274 e. The molecule has 0 aliphatic rings. The number of carbonyl (C=O) groups excluding carboxylic acids is 1. The zero-order chi connectivity index (χ0) is 21.1. The van der Waals surface area contributed by atoms with Gasteiger partial charge >= 0.3 is 0 Å². The summed E-state index contributed by atoms with van der Waals surface area (Å²) in [6.45, 7) is 0.213. The summed E-state index contributed by atoms with van der Waals surface area (Å²) >= 11 is 0. The predicted octanol–water partition coefficient (Wildman–Crippen LogP) is 3.19. The Morgan fingerprint density at radius 3 is 2.63 bits per heavy atom. The van der Waals surface area contributed by atoms with Crippen molar-refractivity contribution in [2.24, 2.45) is 7.05 Å². The Morgan fingerprint density at radius 1 is 1.10 bits per heavy atom. The van der Waals surface area contributed by atoms with Crippen LogP contribution in [-0.4, -0.2) is 20.7 Å². The van der Waals surface area contributed by atoms with E-state index < -0.39 is 11.7 Å². The van der Waals surface area contributed by atoms with Crippen molar-refractivity contribution in [1.82, 2.24) is 20.1 Å². The number of halogens is 1. The lowest BCUT2D eigenvalue weighted by Gasteiger charge is -2.09. The van der Waals surface area contributed by atoms with Crippen molar-refractivity contribution in [2.45, 2.75) is 6.54 Å². The molecule has 4 rings (SSSR count). The molecule has 8 heteroatoms. The van der Waals surface area contributed by atoms with Crippen molar-refractivity contribution in [1.29, 1.82) is 0 Å². The molecule has 0 aliphatic carbocycles. The number of rotatable bonds is 5. The summed E-state index contributed by atoms with van der Waals surface area (Å²) in [5.74, 6) is -0.147. The van der Waals surface area contributed by atoms with Crippen molar-refractivity contribution in [2.75, 3.05) is 0 Å². The fourth-order valence-electron chi connectivity index (χ4n) is 2.96. The number of aryl methyl sites for hydroxylation is 1. The number of aromatic nitrogens is 3. The second-order valence-corrected chi connectivity index (χ2v) is 6.57. The highest BCUT2D eigenvalue weighted by Gasteiger charge is 2.15. The van der Waals surface area contributed by atoms with E-state index in [0.29, 0.717) is 22.4 Å². The molecule has 0 spiro atoms. The highest BCUT2D eigenvalue weighted by Crippen LogP contribution is 2.20. The summed E-state index contributed by atoms with van der Waals surface area (Å²) in [5, 5.41) is 7.82. The third-order valence-corrected chi connectivity index (χ3v) is 4.44. The number of nitrogens with zero attached hydrogens (tertiary/aromatic N) is 3. The van der Waals surface area contributed by atoms with Gasteiger partial charge < -0.3 is 10.1 Å². The van der Waals surface area contributed by atoms with Gasteiger partial charge in [-0.05, 0) is 23.8 Å². The molecule has 0 saturated carbocycles. The van der Waals surface area contributed by atoms with Gasteiger partial charge in [-0.2, -0.15) is 5.10 Å². The summed E-state index contributed by atoms with van der Waals surface area (Å²) in [6, 6.07) is 16.0. The molecule has 7 nitrogen and oxygen atoms in total. The lowest BCUT2D eigenvalue weighted by molar-refractivity contribution is 0.0945. The van der Waals surface area contributed by atoms with Crippen LogP contribution in [0.25, 0.3) is 10.8 Å². The molecule has 1 amide bonds. The molecule has 0 aliphatic heterocycles. The number of nitrogens with one attached hydrogen (secondary N) is 1. The molecular weight excluding hydrogens is 387 g/mol. The van der Waals surface area contributed by atoms with Crippen LogP contribution < -0.4 is 15.6 Å². The molecule has 0 atom stereocenters. The largest absolute Gasteiger partial charge is 0.439 e. The molecule has 1 N–H and O–H groups in total. The Morgan fingerprint density at radius 2 is 1.90 bits per heavy atom. The van der Waals surface area contributed by atoms with Crippen LogP contribution in [0.5, 0.6) is 11.6 Å². The lowest BCUT2D eigenvalue weighted by Crippen LogP contribution is -2.29. The minimum absolute atomic E-state index is 0.173. The monoisotopic (exact) mass is 404 g/mol. The fourth-order valence-corrected chi connectivity index (χ4v) is 2.96. The van der Waals surface area contributed by atoms with Crippen LogP contribution in [0.3, 0.4) is 0 Å². The van der Waals surface area contributed by atoms with Gasteiger partial charge in [0.05, 0.1) is 5.39 Å². The van der Waals surface area contributed by atoms with Crippen molar-refractivity contribution < 1.29 is 13.9 Å². The Kier molecular flexibility index (Phi) is 5.21. The van der Waals surface area contributed by atoms with Gasteiger partial charge in [-0.25, -0.2) is 14.1 Å². The van der Waals surface area contributed by atoms with Crippen LogP contribution in [0.4, 0.5) is 4.39 Å². The molecule has 30 heavy (non-hydrogen) atoms. The second-order valence-electron chi connectivity index (χ2n) is 6.57. The summed E-state index contributed by atoms with van der Waals surface area (Å²) in [4.78, 5) is 29.0. The van der Waals surface area contributed by atoms with Gasteiger partial charge in [-0.1, -0.05) is 30.3 Å². The van der Waals surface area contributed by atoms with Crippen LogP contribution in [0, 0.1) is 5.82 Å². The van der Waals surface area contributed by atoms with Gasteiger partial charge in [0, 0.05) is 37.3 Å². The topological polar surface area (TPSA) is 86.1 Å². The van der Waals surface area contributed by atoms with E-state index in [0.717, 1.165) is 10.2 Å². The highest BCUT2D eigenvalue weighted by molar-refractivity contribution is 6.04. The molecule has 0 saturated heterocycles. The number of fused-ring (bicyclic) bond motifs is 1. The SMILES string of the molecule is Cn1nc(C(=O)NCc2ccc(Oc3cccc(F)c3)nc2)c2ccccc2c1=O. The van der Waals surface area contributed by atoms with Gasteiger partial charge in [0.1, 0.15) is 11.6 Å². The van der Waals surface area contributed by atoms with E-state index in [4.69, 9.17) is 4.74 Å². The van der Waals surface area contributed by atoms with Crippen molar-refractivity contribution in [3.8, 4) is 11.6 Å². The van der Waals surface area contributed by atoms with E-state index in [1.54, 1.807) is 54.7 Å². The average molecular weight is 404 g/mol. The van der Waals surface area contributed by atoms with Gasteiger partial charge in [0.2, 0.25) is 5.88 Å². The summed E-state index contributed by atoms with van der Waals surface area (Å²) in [6.07, 6.45) is 1.56. The van der Waals surface area contributed by atoms with Gasteiger partial charge in [0.25, 0.3) is 11.5 Å². The number of pyridine rings is 1. The number of carbonyl (C=O) groups is 1. The van der Waals surface area contributed by atoms with Crippen LogP contribution >= 0.6 is 0 Å². The van der Waals surface area contributed by atoms with Crippen molar-refractivity contribution in [3.05, 3.63) is 94.3 Å². The van der Waals surface area contributed by atoms with Crippen molar-refractivity contribution in [3.63, 3.8) is 0 Å². The lowest BCUT2D eigenvalue weighted by atomic mass is 10.1. The standard InChI is InChI=1S/C22H17FN4O3/c1-27-22(29)18-8-3-2-7-17(18)20(26-27)21(28)25-13-14-9-10-19(24-12-14)30-16-6-4-5-15(23)11-16/h2-12H,13H2,1H3,(H,25,28). The molecule has 0 fully saturated rings. The first-order chi connectivity index (χ1) is 14.5. The van der Waals surface area contributed by atoms with Crippen LogP contribution in [0.2, 0.25) is 0 Å². The molecule has 2 aromatic carbocycles. The number of hydrogen-bond donors (Lipinski definition) is 1. The predicted molar refractivity (Wildman–Crippen MR) is 109 cm³/mol. The molecule has 0 unspecified atom stereocenters. The molecule has 2 heterocycles. The molecule has 150 valence electrons. The first kappa shape index (κ1) is 19.3. The van der Waals surface area contributed by atoms with E-state index in [1.165, 1.54) is 19.2 Å². The van der Waals surface area contributed by atoms with Gasteiger partial charge in [-0.3, -0.25) is 9.59 Å². The van der Waals surface area contributed by atoms with E-state index in [2.05, 4.69) is 15.4 Å². The van der Waals surface area contributed by atoms with Crippen LogP contribution in [0.15, 0.2) is 71.7 Å². The number of benzene rings is 2. The highest BCUT2D eigenvalue weighted by atomic mass is 19.1. The normalized spacial score (nSPS) is 10.7. The van der Waals surface area contributed by atoms with Crippen molar-refractivity contribution >= 4 is 16.7 Å². The fraction of sp³-hybridized carbons (Fsp3) is 0.0909. The first-order valence-electron chi connectivity index (χ1n) is 9.14. The second kappa shape index (κ2) is 8.12. The third kappa shape index (κ3) is 4.02. The Balaban J connectivity index is 1.46. The van der Waals surface area contributed by atoms with E-state index in [-0.39, 0.29) is 17.8 Å². The maximum absolute atomic E-state index is 13.2. The zero-order valence-corrected chi connectivity index (χ0v) is 16.0. The molecule has 0 bridgehead atoms. The summed E-state index contributed by atoms with van der Waals surface area (Å²) < 4.78 is 19.9. The smallest absolute Gasteiger partial charge is 0.274 e. The van der Waals surface area contributed by atoms with E-state index >= 15 is 0 Å². The van der Waals surface area contributed by atoms with Gasteiger partial charge in [-0.15, -0.1) is 0 Å². The third-order valence-electron chi connectivity index (χ3n) is 4.44. The van der Waals surface area contributed by atoms with Crippen LogP contribution in [0.1, 0.15) is 16.1 Å². The molecule has 0 radical (unpaired) electrons. The molecule has 2 aromatic heterocycles. The quantitative estimate of drug-likeness (QED) is 0.552. The Bertz CT molecular complexity index is 1290. The molecule has 4 aromatic rings. The number of amides is 1. The van der Waals surface area contributed by atoms with Gasteiger partial charge in [0.15, 0.2) is 5.69 Å². The van der Waals surface area contributed by atoms with E-state index in [9.17, 15) is 14.0 Å². The summed E-state index contributed by atoms with van der Waals surface area (Å²) in [5.41, 5.74) is 0.649. The first-order valence-corrected chi connectivity index (χ1v) is 9.14. The summed E-state index contributed by atoms with van der Waals surface area (Å²) in [7, 11) is 1.51. The zero-order valence-electron chi connectivity index (χ0n) is 16.0. The Labute approximate surface area is 170 Å². The van der Waals surface area contributed by atoms with E-state index in [1.807, 2.05) is 0 Å². The maximum atomic E-state index is 13.2. The molecular formula is C22H17FN4O3. The minimum atomic E-state index is -0.401. The van der Waals surface area contributed by atoms with Crippen LogP contribution in [-0.2, 0) is 13.6 Å². The average Bonchev–Trinajstić information content (AvgIpc) is 2.75. The Hall–Kier alpha value is -4.07. The number of ether oxygens (including phenoxy) is 1. The minimum Gasteiger partial charge on any atom is -0.439 e.